The molecule has 0 aromatic heterocycles. The van der Waals surface area contributed by atoms with Gasteiger partial charge < -0.3 is 10.1 Å². The Morgan fingerprint density at radius 1 is 1.18 bits per heavy atom. The van der Waals surface area contributed by atoms with Gasteiger partial charge in [0.2, 0.25) is 0 Å². The van der Waals surface area contributed by atoms with Crippen LogP contribution in [-0.4, -0.2) is 19.2 Å². The van der Waals surface area contributed by atoms with E-state index in [0.717, 1.165) is 23.8 Å². The Hall–Kier alpha value is -0.730. The van der Waals surface area contributed by atoms with E-state index in [-0.39, 0.29) is 12.4 Å². The molecule has 2 fully saturated rings. The van der Waals surface area contributed by atoms with Crippen molar-refractivity contribution in [2.45, 2.75) is 43.7 Å². The predicted molar refractivity (Wildman–Crippen MR) is 72.2 cm³/mol. The molecule has 1 aromatic rings. The van der Waals surface area contributed by atoms with Gasteiger partial charge in [0.15, 0.2) is 0 Å². The van der Waals surface area contributed by atoms with Gasteiger partial charge in [-0.05, 0) is 49.3 Å². The lowest BCUT2D eigenvalue weighted by molar-refractivity contribution is 0.361. The van der Waals surface area contributed by atoms with Crippen LogP contribution in [0, 0.1) is 0 Å². The molecule has 3 rings (SSSR count). The average Bonchev–Trinajstić information content (AvgIpc) is 2.68. The molecule has 2 bridgehead atoms. The zero-order valence-corrected chi connectivity index (χ0v) is 11.0. The summed E-state index contributed by atoms with van der Waals surface area (Å²) in [6.07, 6.45) is 5.32. The third-order valence-corrected chi connectivity index (χ3v) is 4.04. The smallest absolute Gasteiger partial charge is 0.119 e. The van der Waals surface area contributed by atoms with Crippen molar-refractivity contribution in [2.24, 2.45) is 0 Å². The van der Waals surface area contributed by atoms with Gasteiger partial charge in [0.25, 0.3) is 0 Å². The minimum absolute atomic E-state index is 0. The zero-order valence-electron chi connectivity index (χ0n) is 10.2. The number of fused-ring (bicyclic) bond motifs is 2. The summed E-state index contributed by atoms with van der Waals surface area (Å²) in [5, 5.41) is 3.69. The lowest BCUT2D eigenvalue weighted by atomic mass is 9.86. The lowest BCUT2D eigenvalue weighted by Gasteiger charge is -2.29. The van der Waals surface area contributed by atoms with Gasteiger partial charge in [-0.3, -0.25) is 0 Å². The average molecular weight is 254 g/mol. The molecule has 2 saturated heterocycles. The minimum atomic E-state index is 0. The van der Waals surface area contributed by atoms with Crippen molar-refractivity contribution in [3.8, 4) is 5.75 Å². The molecule has 17 heavy (non-hydrogen) atoms. The van der Waals surface area contributed by atoms with Gasteiger partial charge in [0, 0.05) is 12.1 Å². The number of hydrogen-bond acceptors (Lipinski definition) is 2. The highest BCUT2D eigenvalue weighted by atomic mass is 35.5. The van der Waals surface area contributed by atoms with Crippen LogP contribution in [0.2, 0.25) is 0 Å². The van der Waals surface area contributed by atoms with Gasteiger partial charge in [-0.2, -0.15) is 0 Å². The fraction of sp³-hybridized carbons (Fsp3) is 0.571. The molecule has 2 aliphatic rings. The van der Waals surface area contributed by atoms with Gasteiger partial charge in [0.1, 0.15) is 5.75 Å². The van der Waals surface area contributed by atoms with Crippen LogP contribution >= 0.6 is 12.4 Å². The Morgan fingerprint density at radius 3 is 2.53 bits per heavy atom. The molecule has 1 aromatic carbocycles. The van der Waals surface area contributed by atoms with Crippen LogP contribution in [0.15, 0.2) is 24.3 Å². The van der Waals surface area contributed by atoms with Crippen LogP contribution in [0.4, 0.5) is 0 Å². The van der Waals surface area contributed by atoms with E-state index >= 15 is 0 Å². The van der Waals surface area contributed by atoms with Gasteiger partial charge in [-0.1, -0.05) is 12.1 Å². The van der Waals surface area contributed by atoms with Crippen LogP contribution in [0.1, 0.15) is 37.2 Å². The van der Waals surface area contributed by atoms with E-state index < -0.39 is 0 Å². The highest BCUT2D eigenvalue weighted by Crippen LogP contribution is 2.37. The molecule has 0 spiro atoms. The summed E-state index contributed by atoms with van der Waals surface area (Å²) in [5.41, 5.74) is 1.46. The molecule has 2 nitrogen and oxygen atoms in total. The van der Waals surface area contributed by atoms with Crippen LogP contribution in [0.5, 0.6) is 5.75 Å². The molecule has 0 radical (unpaired) electrons. The van der Waals surface area contributed by atoms with Crippen molar-refractivity contribution in [3.05, 3.63) is 29.8 Å². The molecular formula is C14H20ClNO. The molecule has 0 amide bonds. The molecule has 1 N–H and O–H groups in total. The molecule has 0 aliphatic carbocycles. The number of methoxy groups -OCH3 is 1. The second kappa shape index (κ2) is 5.28. The molecule has 2 aliphatic heterocycles. The molecule has 3 heteroatoms. The van der Waals surface area contributed by atoms with Crippen molar-refractivity contribution in [1.29, 1.82) is 0 Å². The maximum Gasteiger partial charge on any atom is 0.119 e. The van der Waals surface area contributed by atoms with Crippen LogP contribution in [0.25, 0.3) is 0 Å². The first kappa shape index (κ1) is 12.7. The number of ether oxygens (including phenoxy) is 1. The van der Waals surface area contributed by atoms with Crippen molar-refractivity contribution in [3.63, 3.8) is 0 Å². The largest absolute Gasteiger partial charge is 0.497 e. The summed E-state index contributed by atoms with van der Waals surface area (Å²) < 4.78 is 5.30. The van der Waals surface area contributed by atoms with E-state index in [4.69, 9.17) is 4.74 Å². The highest BCUT2D eigenvalue weighted by molar-refractivity contribution is 5.85. The molecule has 2 heterocycles. The number of rotatable bonds is 2. The van der Waals surface area contributed by atoms with Crippen LogP contribution < -0.4 is 10.1 Å². The van der Waals surface area contributed by atoms with Crippen molar-refractivity contribution >= 4 is 12.4 Å². The monoisotopic (exact) mass is 253 g/mol. The summed E-state index contributed by atoms with van der Waals surface area (Å²) in [7, 11) is 1.74. The Bertz CT molecular complexity index is 370. The van der Waals surface area contributed by atoms with Gasteiger partial charge in [0.05, 0.1) is 7.11 Å². The van der Waals surface area contributed by atoms with Crippen LogP contribution in [-0.2, 0) is 0 Å². The lowest BCUT2D eigenvalue weighted by Crippen LogP contribution is -2.37. The first-order valence-electron chi connectivity index (χ1n) is 6.25. The molecular weight excluding hydrogens is 234 g/mol. The zero-order chi connectivity index (χ0) is 11.0. The fourth-order valence-electron chi connectivity index (χ4n) is 3.22. The number of piperidine rings is 1. The second-order valence-corrected chi connectivity index (χ2v) is 5.08. The summed E-state index contributed by atoms with van der Waals surface area (Å²) in [6.45, 7) is 0. The van der Waals surface area contributed by atoms with E-state index in [0.29, 0.717) is 0 Å². The summed E-state index contributed by atoms with van der Waals surface area (Å²) in [6, 6.07) is 10.1. The standard InChI is InChI=1S/C14H19NO.ClH/c1-16-14-4-2-3-10(9-14)11-7-12-5-6-13(8-11)15-12;/h2-4,9,11-13,15H,5-8H2,1H3;1H/t11-,12+,13-;. The van der Waals surface area contributed by atoms with E-state index in [2.05, 4.69) is 23.5 Å². The van der Waals surface area contributed by atoms with E-state index in [1.807, 2.05) is 6.07 Å². The Morgan fingerprint density at radius 2 is 1.88 bits per heavy atom. The SMILES string of the molecule is COc1cccc([C@H]2C[C@H]3CC[C@@H](C2)N3)c1.Cl. The Labute approximate surface area is 109 Å². The second-order valence-electron chi connectivity index (χ2n) is 5.08. The summed E-state index contributed by atoms with van der Waals surface area (Å²) in [4.78, 5) is 0. The predicted octanol–water partition coefficient (Wildman–Crippen LogP) is 3.12. The first-order valence-corrected chi connectivity index (χ1v) is 6.25. The summed E-state index contributed by atoms with van der Waals surface area (Å²) >= 11 is 0. The quantitative estimate of drug-likeness (QED) is 0.875. The van der Waals surface area contributed by atoms with E-state index in [1.54, 1.807) is 7.11 Å². The third kappa shape index (κ3) is 2.58. The van der Waals surface area contributed by atoms with Crippen molar-refractivity contribution < 1.29 is 4.74 Å². The minimum Gasteiger partial charge on any atom is -0.497 e. The van der Waals surface area contributed by atoms with E-state index in [9.17, 15) is 0 Å². The van der Waals surface area contributed by atoms with E-state index in [1.165, 1.54) is 31.2 Å². The molecule has 3 atom stereocenters. The number of hydrogen-bond donors (Lipinski definition) is 1. The Balaban J connectivity index is 0.00000108. The highest BCUT2D eigenvalue weighted by Gasteiger charge is 2.33. The maximum atomic E-state index is 5.30. The van der Waals surface area contributed by atoms with Crippen molar-refractivity contribution in [2.75, 3.05) is 7.11 Å². The fourth-order valence-corrected chi connectivity index (χ4v) is 3.22. The van der Waals surface area contributed by atoms with Crippen LogP contribution in [0.3, 0.4) is 0 Å². The van der Waals surface area contributed by atoms with Crippen molar-refractivity contribution in [1.82, 2.24) is 5.32 Å². The van der Waals surface area contributed by atoms with Gasteiger partial charge in [-0.15, -0.1) is 12.4 Å². The van der Waals surface area contributed by atoms with Gasteiger partial charge >= 0.3 is 0 Å². The topological polar surface area (TPSA) is 21.3 Å². The summed E-state index contributed by atoms with van der Waals surface area (Å²) in [5.74, 6) is 1.72. The first-order chi connectivity index (χ1) is 7.85. The normalized spacial score (nSPS) is 30.8. The van der Waals surface area contributed by atoms with Gasteiger partial charge in [-0.25, -0.2) is 0 Å². The number of halogens is 1. The molecule has 94 valence electrons. The molecule has 0 unspecified atom stereocenters. The maximum absolute atomic E-state index is 5.30. The molecule has 0 saturated carbocycles. The third-order valence-electron chi connectivity index (χ3n) is 4.04. The Kier molecular flexibility index (Phi) is 3.95. The number of nitrogens with one attached hydrogen (secondary N) is 1. The number of benzene rings is 1.